The van der Waals surface area contributed by atoms with Gasteiger partial charge in [-0.3, -0.25) is 14.0 Å². The molecular formula is C11H15N3O4S. The minimum absolute atomic E-state index is 0.138. The number of nitrogens with one attached hydrogen (secondary N) is 2. The van der Waals surface area contributed by atoms with Crippen LogP contribution < -0.4 is 16.0 Å². The number of carbonyl (C=O) groups excluding carboxylic acids is 1. The van der Waals surface area contributed by atoms with E-state index in [-0.39, 0.29) is 6.61 Å². The molecule has 1 heterocycles. The van der Waals surface area contributed by atoms with Crippen molar-refractivity contribution in [2.45, 2.75) is 6.42 Å². The van der Waals surface area contributed by atoms with Crippen molar-refractivity contribution in [2.75, 3.05) is 29.8 Å². The number of hydrogen-bond acceptors (Lipinski definition) is 7. The number of fused-ring (bicyclic) bond motifs is 1. The molecule has 0 radical (unpaired) electrons. The van der Waals surface area contributed by atoms with Crippen molar-refractivity contribution < 1.29 is 17.4 Å². The van der Waals surface area contributed by atoms with Gasteiger partial charge in [-0.2, -0.15) is 8.42 Å². The molecule has 0 bridgehead atoms. The second-order valence-electron chi connectivity index (χ2n) is 4.16. The molecule has 1 aliphatic heterocycles. The maximum Gasteiger partial charge on any atom is 0.264 e. The number of rotatable bonds is 6. The molecule has 104 valence electrons. The summed E-state index contributed by atoms with van der Waals surface area (Å²) in [5, 5.41) is 1.83. The van der Waals surface area contributed by atoms with E-state index in [1.165, 1.54) is 0 Å². The summed E-state index contributed by atoms with van der Waals surface area (Å²) in [6, 6.07) is 5.28. The summed E-state index contributed by atoms with van der Waals surface area (Å²) < 4.78 is 26.3. The van der Waals surface area contributed by atoms with Crippen molar-refractivity contribution in [1.29, 1.82) is 0 Å². The zero-order valence-corrected chi connectivity index (χ0v) is 11.2. The van der Waals surface area contributed by atoms with E-state index in [1.54, 1.807) is 12.1 Å². The zero-order chi connectivity index (χ0) is 13.9. The van der Waals surface area contributed by atoms with Crippen molar-refractivity contribution in [3.05, 3.63) is 23.8 Å². The van der Waals surface area contributed by atoms with Gasteiger partial charge in [-0.1, -0.05) is 0 Å². The Kier molecular flexibility index (Phi) is 4.03. The lowest BCUT2D eigenvalue weighted by Gasteiger charge is -2.17. The molecule has 0 unspecified atom stereocenters. The molecule has 1 aliphatic rings. The van der Waals surface area contributed by atoms with Crippen LogP contribution in [-0.2, 0) is 14.3 Å². The quantitative estimate of drug-likeness (QED) is 0.447. The van der Waals surface area contributed by atoms with Crippen LogP contribution in [0, 0.1) is 0 Å². The topological polar surface area (TPSA) is 87.7 Å². The maximum atomic E-state index is 10.8. The van der Waals surface area contributed by atoms with Gasteiger partial charge in [-0.25, -0.2) is 0 Å². The molecule has 1 aromatic rings. The normalized spacial score (nSPS) is 14.1. The monoisotopic (exact) mass is 285 g/mol. The summed E-state index contributed by atoms with van der Waals surface area (Å²) in [6.45, 7) is 0.717. The Balaban J connectivity index is 1.90. The first-order valence-corrected chi connectivity index (χ1v) is 7.54. The first-order valence-electron chi connectivity index (χ1n) is 5.72. The van der Waals surface area contributed by atoms with Crippen molar-refractivity contribution in [2.24, 2.45) is 0 Å². The number of aldehydes is 1. The predicted octanol–water partition coefficient (Wildman–Crippen LogP) is 0.517. The third-order valence-electron chi connectivity index (χ3n) is 2.60. The Morgan fingerprint density at radius 1 is 1.42 bits per heavy atom. The summed E-state index contributed by atoms with van der Waals surface area (Å²) in [4.78, 5) is 10.7. The fraction of sp³-hybridized carbons (Fsp3) is 0.364. The van der Waals surface area contributed by atoms with Crippen LogP contribution in [0.5, 0.6) is 0 Å². The zero-order valence-electron chi connectivity index (χ0n) is 10.4. The Bertz CT molecular complexity index is 573. The second kappa shape index (κ2) is 5.55. The van der Waals surface area contributed by atoms with Crippen LogP contribution in [0.2, 0.25) is 0 Å². The van der Waals surface area contributed by atoms with E-state index in [2.05, 4.69) is 15.1 Å². The van der Waals surface area contributed by atoms with Gasteiger partial charge in [0.1, 0.15) is 6.29 Å². The number of carbonyl (C=O) groups is 1. The molecule has 0 amide bonds. The number of hydrazine groups is 2. The van der Waals surface area contributed by atoms with Crippen LogP contribution in [0.15, 0.2) is 18.2 Å². The average molecular weight is 285 g/mol. The Labute approximate surface area is 111 Å². The first kappa shape index (κ1) is 13.8. The average Bonchev–Trinajstić information content (AvgIpc) is 2.75. The van der Waals surface area contributed by atoms with Crippen molar-refractivity contribution >= 4 is 27.8 Å². The molecule has 0 atom stereocenters. The van der Waals surface area contributed by atoms with Crippen molar-refractivity contribution in [3.8, 4) is 0 Å². The van der Waals surface area contributed by atoms with Crippen molar-refractivity contribution in [1.82, 2.24) is 5.53 Å². The molecule has 0 saturated heterocycles. The van der Waals surface area contributed by atoms with Crippen LogP contribution in [0.3, 0.4) is 0 Å². The molecule has 1 aromatic carbocycles. The maximum absolute atomic E-state index is 10.8. The molecule has 2 rings (SSSR count). The highest BCUT2D eigenvalue weighted by Crippen LogP contribution is 2.29. The van der Waals surface area contributed by atoms with Gasteiger partial charge in [-0.05, 0) is 24.6 Å². The molecule has 2 N–H and O–H groups in total. The largest absolute Gasteiger partial charge is 0.302 e. The van der Waals surface area contributed by atoms with Crippen LogP contribution in [0.25, 0.3) is 0 Å². The van der Waals surface area contributed by atoms with Gasteiger partial charge in [0.2, 0.25) is 0 Å². The van der Waals surface area contributed by atoms with Crippen LogP contribution in [-0.4, -0.2) is 34.1 Å². The van der Waals surface area contributed by atoms with Gasteiger partial charge in [0.05, 0.1) is 24.2 Å². The smallest absolute Gasteiger partial charge is 0.264 e. The van der Waals surface area contributed by atoms with Gasteiger partial charge in [-0.15, -0.1) is 5.53 Å². The van der Waals surface area contributed by atoms with Crippen LogP contribution >= 0.6 is 0 Å². The Morgan fingerprint density at radius 3 is 2.89 bits per heavy atom. The summed E-state index contributed by atoms with van der Waals surface area (Å²) in [5.74, 6) is 0. The van der Waals surface area contributed by atoms with Crippen LogP contribution in [0.1, 0.15) is 16.8 Å². The molecule has 0 aliphatic carbocycles. The predicted molar refractivity (Wildman–Crippen MR) is 71.3 cm³/mol. The van der Waals surface area contributed by atoms with Gasteiger partial charge in [0.15, 0.2) is 0 Å². The van der Waals surface area contributed by atoms with E-state index in [0.717, 1.165) is 23.9 Å². The van der Waals surface area contributed by atoms with E-state index >= 15 is 0 Å². The van der Waals surface area contributed by atoms with E-state index in [4.69, 9.17) is 0 Å². The summed E-state index contributed by atoms with van der Waals surface area (Å²) in [5.41, 5.74) is 8.19. The lowest BCUT2D eigenvalue weighted by atomic mass is 10.2. The molecule has 0 spiro atoms. The van der Waals surface area contributed by atoms with Gasteiger partial charge in [0, 0.05) is 12.1 Å². The highest BCUT2D eigenvalue weighted by atomic mass is 32.2. The van der Waals surface area contributed by atoms with E-state index in [1.807, 2.05) is 11.1 Å². The number of nitrogens with zero attached hydrogens (tertiary/aromatic N) is 1. The first-order chi connectivity index (χ1) is 8.99. The van der Waals surface area contributed by atoms with E-state index < -0.39 is 10.1 Å². The Hall–Kier alpha value is -1.64. The fourth-order valence-corrected chi connectivity index (χ4v) is 2.18. The van der Waals surface area contributed by atoms with Gasteiger partial charge < -0.3 is 5.43 Å². The highest BCUT2D eigenvalue weighted by molar-refractivity contribution is 7.85. The number of benzene rings is 1. The molecule has 19 heavy (non-hydrogen) atoms. The standard InChI is InChI=1S/C11H15N3O4S/c1-19(16,17)18-6-2-5-14-11-4-3-9(8-15)7-10(11)12-13-14/h3-4,7-8,12-13H,2,5-6H2,1H3. The lowest BCUT2D eigenvalue weighted by Crippen LogP contribution is -2.37. The molecule has 0 saturated carbocycles. The molecule has 7 nitrogen and oxygen atoms in total. The minimum atomic E-state index is -3.38. The van der Waals surface area contributed by atoms with Crippen LogP contribution in [0.4, 0.5) is 11.4 Å². The third kappa shape index (κ3) is 3.66. The third-order valence-corrected chi connectivity index (χ3v) is 3.19. The second-order valence-corrected chi connectivity index (χ2v) is 5.81. The summed E-state index contributed by atoms with van der Waals surface area (Å²) in [6.07, 6.45) is 2.36. The fourth-order valence-electron chi connectivity index (χ4n) is 1.76. The summed E-state index contributed by atoms with van der Waals surface area (Å²) >= 11 is 0. The minimum Gasteiger partial charge on any atom is -0.302 e. The van der Waals surface area contributed by atoms with Gasteiger partial charge in [0.25, 0.3) is 10.1 Å². The molecule has 0 fully saturated rings. The van der Waals surface area contributed by atoms with Crippen molar-refractivity contribution in [3.63, 3.8) is 0 Å². The highest BCUT2D eigenvalue weighted by Gasteiger charge is 2.18. The summed E-state index contributed by atoms with van der Waals surface area (Å²) in [7, 11) is -3.38. The van der Waals surface area contributed by atoms with E-state index in [0.29, 0.717) is 18.5 Å². The molecule has 0 aromatic heterocycles. The molecule has 8 heteroatoms. The number of anilines is 2. The SMILES string of the molecule is CS(=O)(=O)OCCCN1NNc2cc(C=O)ccc21. The van der Waals surface area contributed by atoms with E-state index in [9.17, 15) is 13.2 Å². The Morgan fingerprint density at radius 2 is 2.21 bits per heavy atom. The lowest BCUT2D eigenvalue weighted by molar-refractivity contribution is 0.112. The number of hydrogen-bond donors (Lipinski definition) is 2. The van der Waals surface area contributed by atoms with Gasteiger partial charge >= 0.3 is 0 Å². The molecular weight excluding hydrogens is 270 g/mol.